The van der Waals surface area contributed by atoms with Crippen LogP contribution in [0.5, 0.6) is 0 Å². The normalized spacial score (nSPS) is 20.7. The van der Waals surface area contributed by atoms with E-state index in [0.29, 0.717) is 16.7 Å². The number of rotatable bonds is 6. The van der Waals surface area contributed by atoms with Crippen LogP contribution in [-0.2, 0) is 4.74 Å². The largest absolute Gasteiger partial charge is 0.378 e. The van der Waals surface area contributed by atoms with Crippen molar-refractivity contribution in [3.8, 4) is 0 Å². The van der Waals surface area contributed by atoms with Crippen molar-refractivity contribution in [1.29, 1.82) is 0 Å². The molecule has 3 nitrogen and oxygen atoms in total. The molecular weight excluding hydrogens is 267 g/mol. The molecule has 0 aliphatic carbocycles. The quantitative estimate of drug-likeness (QED) is 0.623. The van der Waals surface area contributed by atoms with Crippen LogP contribution in [0.2, 0.25) is 5.02 Å². The number of halogens is 2. The van der Waals surface area contributed by atoms with E-state index in [-0.39, 0.29) is 11.9 Å². The Hall–Kier alpha value is -0.680. The summed E-state index contributed by atoms with van der Waals surface area (Å²) in [7, 11) is 0. The molecule has 1 aliphatic rings. The number of hydrogen-bond donors (Lipinski definition) is 2. The molecule has 1 aromatic carbocycles. The molecule has 2 unspecified atom stereocenters. The second kappa shape index (κ2) is 7.20. The van der Waals surface area contributed by atoms with Gasteiger partial charge in [0.1, 0.15) is 5.82 Å². The molecule has 106 valence electrons. The van der Waals surface area contributed by atoms with E-state index in [4.69, 9.17) is 22.2 Å². The standard InChI is InChI=1S/C14H20ClFN2O/c15-10-6-7-12(13(16)9-10)14(18-17)5-1-3-11-4-2-8-19-11/h6-7,9,11,14,18H,1-5,8,17H2. The van der Waals surface area contributed by atoms with Crippen molar-refractivity contribution < 1.29 is 9.13 Å². The molecule has 0 saturated carbocycles. The first-order chi connectivity index (χ1) is 9.20. The van der Waals surface area contributed by atoms with E-state index in [1.807, 2.05) is 0 Å². The van der Waals surface area contributed by atoms with Crippen LogP contribution in [-0.4, -0.2) is 12.7 Å². The molecule has 0 radical (unpaired) electrons. The van der Waals surface area contributed by atoms with Gasteiger partial charge in [-0.25, -0.2) is 4.39 Å². The summed E-state index contributed by atoms with van der Waals surface area (Å²) in [5.41, 5.74) is 3.25. The first-order valence-corrected chi connectivity index (χ1v) is 7.11. The van der Waals surface area contributed by atoms with E-state index in [9.17, 15) is 4.39 Å². The number of benzene rings is 1. The zero-order chi connectivity index (χ0) is 13.7. The Labute approximate surface area is 118 Å². The predicted octanol–water partition coefficient (Wildman–Crippen LogP) is 3.33. The monoisotopic (exact) mass is 286 g/mol. The minimum Gasteiger partial charge on any atom is -0.378 e. The van der Waals surface area contributed by atoms with Crippen molar-refractivity contribution in [1.82, 2.24) is 5.43 Å². The highest BCUT2D eigenvalue weighted by atomic mass is 35.5. The van der Waals surface area contributed by atoms with E-state index in [0.717, 1.165) is 38.7 Å². The lowest BCUT2D eigenvalue weighted by atomic mass is 9.99. The third-order valence-electron chi connectivity index (χ3n) is 3.58. The fraction of sp³-hybridized carbons (Fsp3) is 0.571. The smallest absolute Gasteiger partial charge is 0.129 e. The molecule has 0 aromatic heterocycles. The molecule has 2 atom stereocenters. The van der Waals surface area contributed by atoms with Crippen molar-refractivity contribution in [2.24, 2.45) is 5.84 Å². The minimum absolute atomic E-state index is 0.182. The highest BCUT2D eigenvalue weighted by Crippen LogP contribution is 2.26. The van der Waals surface area contributed by atoms with Crippen LogP contribution in [0.25, 0.3) is 0 Å². The van der Waals surface area contributed by atoms with Crippen LogP contribution in [0.15, 0.2) is 18.2 Å². The number of hydrogen-bond acceptors (Lipinski definition) is 3. The van der Waals surface area contributed by atoms with Crippen LogP contribution < -0.4 is 11.3 Å². The molecule has 5 heteroatoms. The van der Waals surface area contributed by atoms with Gasteiger partial charge in [-0.1, -0.05) is 17.7 Å². The van der Waals surface area contributed by atoms with Gasteiger partial charge in [0, 0.05) is 23.2 Å². The fourth-order valence-corrected chi connectivity index (χ4v) is 2.69. The molecule has 1 fully saturated rings. The van der Waals surface area contributed by atoms with Gasteiger partial charge in [0.15, 0.2) is 0 Å². The highest BCUT2D eigenvalue weighted by Gasteiger charge is 2.18. The Bertz CT molecular complexity index is 410. The summed E-state index contributed by atoms with van der Waals surface area (Å²) >= 11 is 5.75. The van der Waals surface area contributed by atoms with Gasteiger partial charge in [-0.2, -0.15) is 0 Å². The molecule has 19 heavy (non-hydrogen) atoms. The van der Waals surface area contributed by atoms with Gasteiger partial charge < -0.3 is 4.74 Å². The Kier molecular flexibility index (Phi) is 5.58. The van der Waals surface area contributed by atoms with Crippen LogP contribution in [0.1, 0.15) is 43.7 Å². The number of ether oxygens (including phenoxy) is 1. The number of nitrogens with one attached hydrogen (secondary N) is 1. The molecule has 0 amide bonds. The zero-order valence-corrected chi connectivity index (χ0v) is 11.6. The molecule has 0 spiro atoms. The van der Waals surface area contributed by atoms with Gasteiger partial charge in [0.05, 0.1) is 6.10 Å². The third kappa shape index (κ3) is 4.14. The summed E-state index contributed by atoms with van der Waals surface area (Å²) in [6.45, 7) is 0.870. The van der Waals surface area contributed by atoms with Gasteiger partial charge in [0.2, 0.25) is 0 Å². The lowest BCUT2D eigenvalue weighted by Gasteiger charge is -2.18. The van der Waals surface area contributed by atoms with Gasteiger partial charge in [-0.3, -0.25) is 11.3 Å². The van der Waals surface area contributed by atoms with Crippen LogP contribution in [0.4, 0.5) is 4.39 Å². The van der Waals surface area contributed by atoms with Gasteiger partial charge in [0.25, 0.3) is 0 Å². The molecule has 1 aromatic rings. The molecule has 1 saturated heterocycles. The first-order valence-electron chi connectivity index (χ1n) is 6.73. The first kappa shape index (κ1) is 14.7. The second-order valence-corrected chi connectivity index (χ2v) is 5.39. The van der Waals surface area contributed by atoms with Crippen molar-refractivity contribution in [3.05, 3.63) is 34.6 Å². The maximum Gasteiger partial charge on any atom is 0.129 e. The zero-order valence-electron chi connectivity index (χ0n) is 10.9. The van der Waals surface area contributed by atoms with Gasteiger partial charge >= 0.3 is 0 Å². The fourth-order valence-electron chi connectivity index (χ4n) is 2.53. The summed E-state index contributed by atoms with van der Waals surface area (Å²) in [5, 5.41) is 0.399. The van der Waals surface area contributed by atoms with Crippen molar-refractivity contribution in [2.75, 3.05) is 6.61 Å². The number of hydrazine groups is 1. The van der Waals surface area contributed by atoms with E-state index < -0.39 is 0 Å². The van der Waals surface area contributed by atoms with Crippen molar-refractivity contribution in [3.63, 3.8) is 0 Å². The van der Waals surface area contributed by atoms with E-state index >= 15 is 0 Å². The summed E-state index contributed by atoms with van der Waals surface area (Å²) in [6, 6.07) is 4.51. The summed E-state index contributed by atoms with van der Waals surface area (Å²) < 4.78 is 19.4. The predicted molar refractivity (Wildman–Crippen MR) is 74.3 cm³/mol. The van der Waals surface area contributed by atoms with E-state index in [2.05, 4.69) is 5.43 Å². The lowest BCUT2D eigenvalue weighted by Crippen LogP contribution is -2.28. The average molecular weight is 287 g/mol. The van der Waals surface area contributed by atoms with Gasteiger partial charge in [-0.05, 0) is 44.2 Å². The topological polar surface area (TPSA) is 47.3 Å². The Balaban J connectivity index is 1.88. The van der Waals surface area contributed by atoms with Gasteiger partial charge in [-0.15, -0.1) is 0 Å². The molecule has 1 aliphatic heterocycles. The van der Waals surface area contributed by atoms with Crippen LogP contribution >= 0.6 is 11.6 Å². The van der Waals surface area contributed by atoms with Crippen LogP contribution in [0.3, 0.4) is 0 Å². The molecule has 3 N–H and O–H groups in total. The maximum absolute atomic E-state index is 13.8. The lowest BCUT2D eigenvalue weighted by molar-refractivity contribution is 0.101. The highest BCUT2D eigenvalue weighted by molar-refractivity contribution is 6.30. The maximum atomic E-state index is 13.8. The van der Waals surface area contributed by atoms with Crippen molar-refractivity contribution in [2.45, 2.75) is 44.2 Å². The molecular formula is C14H20ClFN2O. The SMILES string of the molecule is NNC(CCCC1CCCO1)c1ccc(Cl)cc1F. The summed E-state index contributed by atoms with van der Waals surface area (Å²) in [5.74, 6) is 5.21. The molecule has 2 rings (SSSR count). The Morgan fingerprint density at radius 3 is 3.00 bits per heavy atom. The Morgan fingerprint density at radius 1 is 1.53 bits per heavy atom. The average Bonchev–Trinajstić information content (AvgIpc) is 2.89. The minimum atomic E-state index is -0.312. The van der Waals surface area contributed by atoms with Crippen molar-refractivity contribution >= 4 is 11.6 Å². The molecule has 0 bridgehead atoms. The molecule has 1 heterocycles. The number of nitrogens with two attached hydrogens (primary N) is 1. The summed E-state index contributed by atoms with van der Waals surface area (Å²) in [4.78, 5) is 0. The van der Waals surface area contributed by atoms with E-state index in [1.54, 1.807) is 12.1 Å². The third-order valence-corrected chi connectivity index (χ3v) is 3.82. The second-order valence-electron chi connectivity index (χ2n) is 4.95. The Morgan fingerprint density at radius 2 is 2.37 bits per heavy atom. The van der Waals surface area contributed by atoms with E-state index in [1.165, 1.54) is 6.07 Å². The summed E-state index contributed by atoms with van der Waals surface area (Å²) in [6.07, 6.45) is 5.41. The van der Waals surface area contributed by atoms with Crippen LogP contribution in [0, 0.1) is 5.82 Å².